The van der Waals surface area contributed by atoms with Gasteiger partial charge in [-0.2, -0.15) is 0 Å². The van der Waals surface area contributed by atoms with Gasteiger partial charge in [0, 0.05) is 13.1 Å². The predicted octanol–water partition coefficient (Wildman–Crippen LogP) is 3.64. The summed E-state index contributed by atoms with van der Waals surface area (Å²) in [6.45, 7) is 3.81. The first-order chi connectivity index (χ1) is 9.36. The molecule has 1 aromatic carbocycles. The van der Waals surface area contributed by atoms with E-state index in [0.717, 1.165) is 4.90 Å². The zero-order valence-electron chi connectivity index (χ0n) is 11.1. The molecule has 0 aliphatic rings. The van der Waals surface area contributed by atoms with E-state index in [1.165, 1.54) is 0 Å². The van der Waals surface area contributed by atoms with Crippen molar-refractivity contribution in [2.24, 2.45) is 0 Å². The summed E-state index contributed by atoms with van der Waals surface area (Å²) in [6, 6.07) is 0. The van der Waals surface area contributed by atoms with Crippen molar-refractivity contribution >= 4 is 5.91 Å². The van der Waals surface area contributed by atoms with Crippen LogP contribution in [0.25, 0.3) is 0 Å². The van der Waals surface area contributed by atoms with Crippen LogP contribution in [0.5, 0.6) is 0 Å². The summed E-state index contributed by atoms with van der Waals surface area (Å²) < 4.78 is 66.1. The maximum Gasteiger partial charge on any atom is 0.260 e. The van der Waals surface area contributed by atoms with Gasteiger partial charge in [-0.3, -0.25) is 4.79 Å². The number of nitrogens with zero attached hydrogens (tertiary/aromatic N) is 1. The fraction of sp³-hybridized carbons (Fsp3) is 0.462. The first-order valence-electron chi connectivity index (χ1n) is 6.17. The summed E-state index contributed by atoms with van der Waals surface area (Å²) in [6.07, 6.45) is 1.00. The number of hydrogen-bond donors (Lipinski definition) is 0. The Morgan fingerprint density at radius 2 is 1.15 bits per heavy atom. The zero-order valence-corrected chi connectivity index (χ0v) is 11.1. The molecule has 0 heterocycles. The van der Waals surface area contributed by atoms with E-state index in [2.05, 4.69) is 0 Å². The number of carbonyl (C=O) groups is 1. The standard InChI is InChI=1S/C13H14F5NO/c1-3-5-19(6-4-2)13(20)7-8(14)10(16)12(18)11(17)9(7)15/h3-6H2,1-2H3. The molecule has 0 saturated carbocycles. The minimum atomic E-state index is -2.27. The van der Waals surface area contributed by atoms with Gasteiger partial charge in [0.25, 0.3) is 5.91 Å². The lowest BCUT2D eigenvalue weighted by molar-refractivity contribution is 0.0742. The summed E-state index contributed by atoms with van der Waals surface area (Å²) in [5.74, 6) is -11.9. The lowest BCUT2D eigenvalue weighted by atomic mass is 10.1. The van der Waals surface area contributed by atoms with Crippen LogP contribution >= 0.6 is 0 Å². The van der Waals surface area contributed by atoms with Crippen LogP contribution in [-0.2, 0) is 0 Å². The number of halogens is 5. The maximum atomic E-state index is 13.5. The fourth-order valence-electron chi connectivity index (χ4n) is 1.81. The molecule has 0 atom stereocenters. The van der Waals surface area contributed by atoms with Gasteiger partial charge in [0.15, 0.2) is 23.3 Å². The Kier molecular flexibility index (Phi) is 5.47. The van der Waals surface area contributed by atoms with Crippen molar-refractivity contribution in [1.82, 2.24) is 4.90 Å². The smallest absolute Gasteiger partial charge is 0.260 e. The fourth-order valence-corrected chi connectivity index (χ4v) is 1.81. The van der Waals surface area contributed by atoms with Crippen LogP contribution in [0.1, 0.15) is 37.0 Å². The van der Waals surface area contributed by atoms with Gasteiger partial charge >= 0.3 is 0 Å². The van der Waals surface area contributed by atoms with Crippen molar-refractivity contribution in [3.63, 3.8) is 0 Å². The molecule has 20 heavy (non-hydrogen) atoms. The molecule has 2 nitrogen and oxygen atoms in total. The predicted molar refractivity (Wildman–Crippen MR) is 62.7 cm³/mol. The van der Waals surface area contributed by atoms with E-state index < -0.39 is 40.6 Å². The largest absolute Gasteiger partial charge is 0.338 e. The van der Waals surface area contributed by atoms with Gasteiger partial charge in [0.05, 0.1) is 0 Å². The van der Waals surface area contributed by atoms with E-state index in [1.807, 2.05) is 0 Å². The molecule has 0 fully saturated rings. The quantitative estimate of drug-likeness (QED) is 0.461. The first-order valence-corrected chi connectivity index (χ1v) is 6.17. The Balaban J connectivity index is 3.34. The monoisotopic (exact) mass is 295 g/mol. The van der Waals surface area contributed by atoms with E-state index in [4.69, 9.17) is 0 Å². The van der Waals surface area contributed by atoms with Crippen LogP contribution < -0.4 is 0 Å². The van der Waals surface area contributed by atoms with Gasteiger partial charge in [-0.1, -0.05) is 13.8 Å². The second-order valence-electron chi connectivity index (χ2n) is 4.24. The molecule has 0 aliphatic carbocycles. The van der Waals surface area contributed by atoms with Crippen molar-refractivity contribution < 1.29 is 26.7 Å². The molecular formula is C13H14F5NO. The number of amides is 1. The molecule has 1 amide bonds. The Hall–Kier alpha value is -1.66. The summed E-state index contributed by atoms with van der Waals surface area (Å²) in [5, 5.41) is 0. The molecule has 0 bridgehead atoms. The third-order valence-corrected chi connectivity index (χ3v) is 2.70. The summed E-state index contributed by atoms with van der Waals surface area (Å²) in [7, 11) is 0. The van der Waals surface area contributed by atoms with E-state index >= 15 is 0 Å². The summed E-state index contributed by atoms with van der Waals surface area (Å²) >= 11 is 0. The zero-order chi connectivity index (χ0) is 15.4. The molecule has 0 aliphatic heterocycles. The SMILES string of the molecule is CCCN(CCC)C(=O)c1c(F)c(F)c(F)c(F)c1F. The molecule has 7 heteroatoms. The molecule has 0 spiro atoms. The highest BCUT2D eigenvalue weighted by Crippen LogP contribution is 2.24. The van der Waals surface area contributed by atoms with Crippen LogP contribution in [0.3, 0.4) is 0 Å². The summed E-state index contributed by atoms with van der Waals surface area (Å²) in [5.41, 5.74) is -1.40. The first kappa shape index (κ1) is 16.4. The Morgan fingerprint density at radius 3 is 1.50 bits per heavy atom. The van der Waals surface area contributed by atoms with E-state index in [0.29, 0.717) is 12.8 Å². The van der Waals surface area contributed by atoms with Gasteiger partial charge in [-0.15, -0.1) is 0 Å². The third kappa shape index (κ3) is 2.91. The van der Waals surface area contributed by atoms with Crippen molar-refractivity contribution in [2.45, 2.75) is 26.7 Å². The number of carbonyl (C=O) groups excluding carboxylic acids is 1. The van der Waals surface area contributed by atoms with E-state index in [9.17, 15) is 26.7 Å². The number of benzene rings is 1. The van der Waals surface area contributed by atoms with Gasteiger partial charge in [-0.25, -0.2) is 22.0 Å². The molecular weight excluding hydrogens is 281 g/mol. The number of hydrogen-bond acceptors (Lipinski definition) is 1. The Bertz CT molecular complexity index is 483. The van der Waals surface area contributed by atoms with Crippen molar-refractivity contribution in [3.05, 3.63) is 34.6 Å². The molecule has 0 N–H and O–H groups in total. The molecule has 0 radical (unpaired) electrons. The van der Waals surface area contributed by atoms with E-state index in [-0.39, 0.29) is 13.1 Å². The molecule has 0 aromatic heterocycles. The molecule has 112 valence electrons. The highest BCUT2D eigenvalue weighted by Gasteiger charge is 2.31. The Labute approximate surface area is 113 Å². The van der Waals surface area contributed by atoms with Crippen LogP contribution in [0.15, 0.2) is 0 Å². The topological polar surface area (TPSA) is 20.3 Å². The van der Waals surface area contributed by atoms with Crippen molar-refractivity contribution in [3.8, 4) is 0 Å². The second-order valence-corrected chi connectivity index (χ2v) is 4.24. The molecule has 0 unspecified atom stereocenters. The second kappa shape index (κ2) is 6.67. The summed E-state index contributed by atoms with van der Waals surface area (Å²) in [4.78, 5) is 13.0. The van der Waals surface area contributed by atoms with Gasteiger partial charge in [-0.05, 0) is 12.8 Å². The van der Waals surface area contributed by atoms with Crippen LogP contribution in [0, 0.1) is 29.1 Å². The van der Waals surface area contributed by atoms with Crippen LogP contribution in [0.2, 0.25) is 0 Å². The normalized spacial score (nSPS) is 10.8. The minimum Gasteiger partial charge on any atom is -0.338 e. The third-order valence-electron chi connectivity index (χ3n) is 2.70. The van der Waals surface area contributed by atoms with Gasteiger partial charge in [0.1, 0.15) is 5.56 Å². The van der Waals surface area contributed by atoms with Gasteiger partial charge in [0.2, 0.25) is 5.82 Å². The lowest BCUT2D eigenvalue weighted by Crippen LogP contribution is -2.34. The van der Waals surface area contributed by atoms with Crippen LogP contribution in [0.4, 0.5) is 22.0 Å². The maximum absolute atomic E-state index is 13.5. The van der Waals surface area contributed by atoms with Crippen molar-refractivity contribution in [2.75, 3.05) is 13.1 Å². The van der Waals surface area contributed by atoms with Crippen molar-refractivity contribution in [1.29, 1.82) is 0 Å². The van der Waals surface area contributed by atoms with Crippen LogP contribution in [-0.4, -0.2) is 23.9 Å². The highest BCUT2D eigenvalue weighted by atomic mass is 19.2. The van der Waals surface area contributed by atoms with E-state index in [1.54, 1.807) is 13.8 Å². The highest BCUT2D eigenvalue weighted by molar-refractivity contribution is 5.94. The lowest BCUT2D eigenvalue weighted by Gasteiger charge is -2.22. The molecule has 1 aromatic rings. The number of rotatable bonds is 5. The average Bonchev–Trinajstić information content (AvgIpc) is 2.43. The molecule has 0 saturated heterocycles. The minimum absolute atomic E-state index is 0.173. The Morgan fingerprint density at radius 1 is 0.800 bits per heavy atom. The van der Waals surface area contributed by atoms with Gasteiger partial charge < -0.3 is 4.90 Å². The average molecular weight is 295 g/mol. The molecule has 1 rings (SSSR count).